The van der Waals surface area contributed by atoms with Gasteiger partial charge in [0.1, 0.15) is 4.90 Å². The van der Waals surface area contributed by atoms with Gasteiger partial charge in [-0.1, -0.05) is 18.2 Å². The highest BCUT2D eigenvalue weighted by Gasteiger charge is 2.58. The summed E-state index contributed by atoms with van der Waals surface area (Å²) >= 11 is 0. The van der Waals surface area contributed by atoms with Gasteiger partial charge in [-0.2, -0.15) is 0 Å². The Morgan fingerprint density at radius 2 is 1.90 bits per heavy atom. The van der Waals surface area contributed by atoms with E-state index >= 15 is 0 Å². The van der Waals surface area contributed by atoms with Crippen LogP contribution in [0, 0.1) is 5.82 Å². The van der Waals surface area contributed by atoms with Gasteiger partial charge in [-0.25, -0.2) is 26.0 Å². The fourth-order valence-corrected chi connectivity index (χ4v) is 6.04. The van der Waals surface area contributed by atoms with E-state index in [4.69, 9.17) is 4.74 Å². The zero-order valence-corrected chi connectivity index (χ0v) is 21.5. The average Bonchev–Trinajstić information content (AvgIpc) is 3.61. The third-order valence-electron chi connectivity index (χ3n) is 6.96. The minimum atomic E-state index is -4.53. The summed E-state index contributed by atoms with van der Waals surface area (Å²) < 4.78 is 85.8. The average molecular weight is 572 g/mol. The summed E-state index contributed by atoms with van der Waals surface area (Å²) in [5.41, 5.74) is -0.523. The van der Waals surface area contributed by atoms with Crippen LogP contribution in [-0.4, -0.2) is 42.3 Å². The van der Waals surface area contributed by atoms with E-state index in [0.717, 1.165) is 28.5 Å². The van der Waals surface area contributed by atoms with Crippen molar-refractivity contribution in [1.82, 2.24) is 15.3 Å². The molecule has 7 nitrogen and oxygen atoms in total. The molecule has 1 saturated carbocycles. The third kappa shape index (κ3) is 4.76. The molecule has 0 unspecified atom stereocenters. The lowest BCUT2D eigenvalue weighted by atomic mass is 10.0. The molecule has 1 aliphatic carbocycles. The Labute approximate surface area is 226 Å². The number of fused-ring (bicyclic) bond motifs is 2. The van der Waals surface area contributed by atoms with Gasteiger partial charge >= 0.3 is 0 Å². The smallest absolute Gasteiger partial charge is 0.257 e. The molecule has 4 aromatic rings. The second-order valence-electron chi connectivity index (χ2n) is 9.76. The molecule has 0 radical (unpaired) electrons. The molecule has 2 aromatic heterocycles. The van der Waals surface area contributed by atoms with Crippen molar-refractivity contribution in [2.75, 3.05) is 6.61 Å². The van der Waals surface area contributed by atoms with Crippen LogP contribution in [0.4, 0.5) is 17.6 Å². The number of nitrogens with one attached hydrogen (secondary N) is 1. The van der Waals surface area contributed by atoms with Crippen LogP contribution in [0.1, 0.15) is 40.5 Å². The number of amides is 1. The molecule has 1 amide bonds. The molecule has 3 heterocycles. The number of aromatic nitrogens is 2. The molecule has 2 atom stereocenters. The minimum absolute atomic E-state index is 0.0722. The van der Waals surface area contributed by atoms with Gasteiger partial charge in [0.25, 0.3) is 11.8 Å². The highest BCUT2D eigenvalue weighted by molar-refractivity contribution is 7.92. The molecule has 0 saturated heterocycles. The van der Waals surface area contributed by atoms with Crippen molar-refractivity contribution in [2.45, 2.75) is 41.6 Å². The molecular formula is C28H21F4N3O4S. The van der Waals surface area contributed by atoms with Crippen molar-refractivity contribution in [3.05, 3.63) is 83.6 Å². The van der Waals surface area contributed by atoms with Gasteiger partial charge in [0.2, 0.25) is 15.3 Å². The summed E-state index contributed by atoms with van der Waals surface area (Å²) in [4.78, 5) is 20.8. The monoisotopic (exact) mass is 571 g/mol. The van der Waals surface area contributed by atoms with Crippen molar-refractivity contribution >= 4 is 26.5 Å². The van der Waals surface area contributed by atoms with Gasteiger partial charge in [0.15, 0.2) is 11.6 Å². The largest absolute Gasteiger partial charge is 0.489 e. The molecule has 0 bridgehead atoms. The zero-order chi connectivity index (χ0) is 28.2. The summed E-state index contributed by atoms with van der Waals surface area (Å²) in [7, 11) is -4.53. The van der Waals surface area contributed by atoms with E-state index in [-0.39, 0.29) is 25.1 Å². The van der Waals surface area contributed by atoms with E-state index in [2.05, 4.69) is 15.3 Å². The number of nitrogens with zero attached hydrogens (tertiary/aromatic N) is 2. The maximum absolute atomic E-state index is 14.6. The number of halogens is 4. The van der Waals surface area contributed by atoms with E-state index in [0.29, 0.717) is 17.1 Å². The Bertz CT molecular complexity index is 1780. The summed E-state index contributed by atoms with van der Waals surface area (Å²) in [6.07, 6.45) is 0.938. The molecule has 0 spiro atoms. The summed E-state index contributed by atoms with van der Waals surface area (Å²) in [5.74, 6) is -6.06. The number of pyridine rings is 2. The normalized spacial score (nSPS) is 20.7. The molecule has 2 aromatic carbocycles. The number of carbonyl (C=O) groups excluding carboxylic acids is 1. The van der Waals surface area contributed by atoms with Crippen molar-refractivity contribution < 1.29 is 35.5 Å². The van der Waals surface area contributed by atoms with Crippen LogP contribution >= 0.6 is 0 Å². The first-order chi connectivity index (χ1) is 19.0. The fraction of sp³-hybridized carbons (Fsp3) is 0.250. The number of hydrogen-bond donors (Lipinski definition) is 1. The SMILES string of the molecule is O=C(NCc1cc2cc(-c3cccc([C@@H]4CC4(F)F)n3)ccc2cn1)c1cc(F)c2c(c1)S(=O)(=O)[C@@H](F)CCO2. The van der Waals surface area contributed by atoms with Gasteiger partial charge in [0, 0.05) is 35.6 Å². The molecule has 12 heteroatoms. The number of ether oxygens (including phenoxy) is 1. The minimum Gasteiger partial charge on any atom is -0.489 e. The first-order valence-corrected chi connectivity index (χ1v) is 13.9. The maximum Gasteiger partial charge on any atom is 0.257 e. The highest BCUT2D eigenvalue weighted by Crippen LogP contribution is 2.55. The lowest BCUT2D eigenvalue weighted by molar-refractivity contribution is 0.0949. The number of alkyl halides is 3. The highest BCUT2D eigenvalue weighted by atomic mass is 32.2. The number of hydrogen-bond acceptors (Lipinski definition) is 6. The Balaban J connectivity index is 1.22. The van der Waals surface area contributed by atoms with E-state index < -0.39 is 56.0 Å². The predicted molar refractivity (Wildman–Crippen MR) is 137 cm³/mol. The first-order valence-electron chi connectivity index (χ1n) is 12.4. The molecule has 6 rings (SSSR count). The molecular weight excluding hydrogens is 550 g/mol. The Kier molecular flexibility index (Phi) is 6.25. The molecule has 1 fully saturated rings. The standard InChI is InChI=1S/C28H21F4N3O4S/c29-21-10-18(11-24-26(21)39-7-6-25(30)40(24,37)38)27(36)34-14-19-9-17-8-15(4-5-16(17)13-33-19)22-2-1-3-23(35-22)20-12-28(20,31)32/h1-5,8-11,13,20,25H,6-7,12,14H2,(H,34,36)/t20-,25+/m0/s1. The summed E-state index contributed by atoms with van der Waals surface area (Å²) in [6.45, 7) is -0.389. The maximum atomic E-state index is 14.6. The lowest BCUT2D eigenvalue weighted by Crippen LogP contribution is -2.24. The fourth-order valence-electron chi connectivity index (χ4n) is 4.65. The van der Waals surface area contributed by atoms with Crippen molar-refractivity contribution in [2.24, 2.45) is 0 Å². The summed E-state index contributed by atoms with van der Waals surface area (Å²) in [5, 5.41) is 4.12. The van der Waals surface area contributed by atoms with Crippen molar-refractivity contribution in [3.63, 3.8) is 0 Å². The second kappa shape index (κ2) is 9.54. The van der Waals surface area contributed by atoms with Gasteiger partial charge in [-0.05, 0) is 41.8 Å². The van der Waals surface area contributed by atoms with Crippen molar-refractivity contribution in [1.29, 1.82) is 0 Å². The zero-order valence-electron chi connectivity index (χ0n) is 20.7. The molecule has 206 valence electrons. The third-order valence-corrected chi connectivity index (χ3v) is 8.79. The van der Waals surface area contributed by atoms with Crippen LogP contribution < -0.4 is 10.1 Å². The topological polar surface area (TPSA) is 98.3 Å². The van der Waals surface area contributed by atoms with Crippen LogP contribution in [0.15, 0.2) is 65.7 Å². The molecule has 1 aliphatic heterocycles. The van der Waals surface area contributed by atoms with Crippen LogP contribution in [-0.2, 0) is 16.4 Å². The lowest BCUT2D eigenvalue weighted by Gasteiger charge is -2.12. The molecule has 1 N–H and O–H groups in total. The summed E-state index contributed by atoms with van der Waals surface area (Å²) in [6, 6.07) is 14.0. The number of carbonyl (C=O) groups is 1. The van der Waals surface area contributed by atoms with Gasteiger partial charge in [0.05, 0.1) is 36.2 Å². The van der Waals surface area contributed by atoms with Gasteiger partial charge in [-0.3, -0.25) is 14.8 Å². The first kappa shape index (κ1) is 26.2. The van der Waals surface area contributed by atoms with Crippen LogP contribution in [0.3, 0.4) is 0 Å². The Hall–Kier alpha value is -4.06. The number of benzene rings is 2. The van der Waals surface area contributed by atoms with Crippen LogP contribution in [0.5, 0.6) is 5.75 Å². The van der Waals surface area contributed by atoms with Crippen LogP contribution in [0.25, 0.3) is 22.0 Å². The number of rotatable bonds is 5. The molecule has 2 aliphatic rings. The quantitative estimate of drug-likeness (QED) is 0.325. The molecule has 40 heavy (non-hydrogen) atoms. The van der Waals surface area contributed by atoms with Crippen LogP contribution in [0.2, 0.25) is 0 Å². The Morgan fingerprint density at radius 1 is 1.10 bits per heavy atom. The number of sulfone groups is 1. The van der Waals surface area contributed by atoms with E-state index in [1.54, 1.807) is 30.5 Å². The Morgan fingerprint density at radius 3 is 2.67 bits per heavy atom. The van der Waals surface area contributed by atoms with Gasteiger partial charge < -0.3 is 10.1 Å². The van der Waals surface area contributed by atoms with E-state index in [9.17, 15) is 30.8 Å². The van der Waals surface area contributed by atoms with E-state index in [1.165, 1.54) is 0 Å². The van der Waals surface area contributed by atoms with Crippen molar-refractivity contribution in [3.8, 4) is 17.0 Å². The second-order valence-corrected chi connectivity index (χ2v) is 11.8. The predicted octanol–water partition coefficient (Wildman–Crippen LogP) is 5.34. The van der Waals surface area contributed by atoms with Gasteiger partial charge in [-0.15, -0.1) is 0 Å². The van der Waals surface area contributed by atoms with E-state index in [1.807, 2.05) is 18.2 Å².